The lowest BCUT2D eigenvalue weighted by molar-refractivity contribution is -0.139. The number of carboxylic acids is 1. The number of amides is 2. The first-order valence-electron chi connectivity index (χ1n) is 6.16. The second kappa shape index (κ2) is 5.66. The third-order valence-corrected chi connectivity index (χ3v) is 3.67. The number of hydrogen-bond acceptors (Lipinski definition) is 2. The van der Waals surface area contributed by atoms with E-state index in [4.69, 9.17) is 16.7 Å². The maximum Gasteiger partial charge on any atom is 0.319 e. The zero-order chi connectivity index (χ0) is 14.8. The molecule has 1 saturated carbocycles. The number of hydrogen-bond donors (Lipinski definition) is 3. The summed E-state index contributed by atoms with van der Waals surface area (Å²) in [6.45, 7) is 0. The van der Waals surface area contributed by atoms with Crippen molar-refractivity contribution in [2.75, 3.05) is 5.32 Å². The fourth-order valence-corrected chi connectivity index (χ4v) is 2.44. The van der Waals surface area contributed by atoms with Crippen molar-refractivity contribution in [2.24, 2.45) is 0 Å². The van der Waals surface area contributed by atoms with Crippen molar-refractivity contribution in [2.45, 2.75) is 31.2 Å². The number of halogens is 2. The van der Waals surface area contributed by atoms with Crippen molar-refractivity contribution in [1.29, 1.82) is 0 Å². The highest BCUT2D eigenvalue weighted by molar-refractivity contribution is 6.33. The first-order valence-corrected chi connectivity index (χ1v) is 6.54. The third kappa shape index (κ3) is 3.39. The van der Waals surface area contributed by atoms with Gasteiger partial charge in [0, 0.05) is 0 Å². The van der Waals surface area contributed by atoms with E-state index < -0.39 is 23.4 Å². The van der Waals surface area contributed by atoms with Gasteiger partial charge in [-0.05, 0) is 37.5 Å². The van der Waals surface area contributed by atoms with Gasteiger partial charge in [0.05, 0.1) is 22.7 Å². The number of nitrogens with one attached hydrogen (secondary N) is 2. The van der Waals surface area contributed by atoms with Crippen LogP contribution in [-0.4, -0.2) is 22.6 Å². The molecule has 0 atom stereocenters. The Balaban J connectivity index is 1.99. The van der Waals surface area contributed by atoms with Crippen molar-refractivity contribution in [3.05, 3.63) is 29.0 Å². The van der Waals surface area contributed by atoms with Crippen molar-refractivity contribution >= 4 is 29.3 Å². The number of carbonyl (C=O) groups excluding carboxylic acids is 1. The van der Waals surface area contributed by atoms with E-state index in [1.54, 1.807) is 0 Å². The Labute approximate surface area is 120 Å². The van der Waals surface area contributed by atoms with Crippen LogP contribution in [-0.2, 0) is 4.79 Å². The van der Waals surface area contributed by atoms with Crippen molar-refractivity contribution in [3.63, 3.8) is 0 Å². The van der Waals surface area contributed by atoms with E-state index in [-0.39, 0.29) is 17.1 Å². The summed E-state index contributed by atoms with van der Waals surface area (Å²) in [7, 11) is 0. The van der Waals surface area contributed by atoms with Crippen molar-refractivity contribution < 1.29 is 19.1 Å². The minimum atomic E-state index is -0.954. The normalized spacial score (nSPS) is 16.1. The van der Waals surface area contributed by atoms with E-state index in [1.807, 2.05) is 0 Å². The molecule has 1 aliphatic rings. The van der Waals surface area contributed by atoms with Gasteiger partial charge in [0.2, 0.25) is 0 Å². The molecule has 0 aromatic heterocycles. The molecule has 0 heterocycles. The minimum absolute atomic E-state index is 0.0843. The number of urea groups is 1. The Morgan fingerprint density at radius 3 is 2.60 bits per heavy atom. The van der Waals surface area contributed by atoms with Crippen LogP contribution in [0.1, 0.15) is 25.7 Å². The molecule has 0 radical (unpaired) electrons. The summed E-state index contributed by atoms with van der Waals surface area (Å²) in [5.74, 6) is -1.45. The van der Waals surface area contributed by atoms with Gasteiger partial charge < -0.3 is 15.7 Å². The average molecular weight is 301 g/mol. The zero-order valence-corrected chi connectivity index (χ0v) is 11.3. The first-order chi connectivity index (χ1) is 9.40. The maximum absolute atomic E-state index is 12.9. The summed E-state index contributed by atoms with van der Waals surface area (Å²) in [4.78, 5) is 22.7. The molecule has 1 aromatic carbocycles. The van der Waals surface area contributed by atoms with Crippen LogP contribution < -0.4 is 10.6 Å². The Kier molecular flexibility index (Phi) is 4.13. The number of carbonyl (C=O) groups is 2. The lowest BCUT2D eigenvalue weighted by Gasteiger charge is -2.41. The Morgan fingerprint density at radius 1 is 1.40 bits per heavy atom. The summed E-state index contributed by atoms with van der Waals surface area (Å²) in [6, 6.07) is 3.08. The van der Waals surface area contributed by atoms with Gasteiger partial charge in [-0.1, -0.05) is 11.6 Å². The lowest BCUT2D eigenvalue weighted by atomic mass is 9.74. The Hall–Kier alpha value is -1.82. The van der Waals surface area contributed by atoms with Crippen LogP contribution in [0.5, 0.6) is 0 Å². The summed E-state index contributed by atoms with van der Waals surface area (Å²) >= 11 is 5.80. The van der Waals surface area contributed by atoms with Crippen LogP contribution in [0.25, 0.3) is 0 Å². The topological polar surface area (TPSA) is 78.4 Å². The van der Waals surface area contributed by atoms with Crippen LogP contribution in [0, 0.1) is 5.82 Å². The Bertz CT molecular complexity index is 546. The molecule has 0 bridgehead atoms. The molecular formula is C13H14ClFN2O3. The zero-order valence-electron chi connectivity index (χ0n) is 10.6. The number of benzene rings is 1. The number of anilines is 1. The van der Waals surface area contributed by atoms with Gasteiger partial charge in [-0.25, -0.2) is 9.18 Å². The molecule has 5 nitrogen and oxygen atoms in total. The standard InChI is InChI=1S/C13H14ClFN2O3/c14-9-6-8(15)2-3-10(9)16-12(20)17-13(4-1-5-13)7-11(18)19/h2-3,6H,1,4-5,7H2,(H,18,19)(H2,16,17,20). The minimum Gasteiger partial charge on any atom is -0.481 e. The molecule has 2 amide bonds. The molecule has 2 rings (SSSR count). The van der Waals surface area contributed by atoms with Gasteiger partial charge in [-0.15, -0.1) is 0 Å². The van der Waals surface area contributed by atoms with E-state index in [9.17, 15) is 14.0 Å². The molecule has 3 N–H and O–H groups in total. The predicted octanol–water partition coefficient (Wildman–Crippen LogP) is 3.00. The number of rotatable bonds is 4. The van der Waals surface area contributed by atoms with Crippen LogP contribution in [0.4, 0.5) is 14.9 Å². The number of aliphatic carboxylic acids is 1. The van der Waals surface area contributed by atoms with Crippen LogP contribution >= 0.6 is 11.6 Å². The molecular weight excluding hydrogens is 287 g/mol. The van der Waals surface area contributed by atoms with Gasteiger partial charge in [-0.2, -0.15) is 0 Å². The van der Waals surface area contributed by atoms with Gasteiger partial charge in [0.1, 0.15) is 5.82 Å². The van der Waals surface area contributed by atoms with Crippen LogP contribution in [0.2, 0.25) is 5.02 Å². The van der Waals surface area contributed by atoms with E-state index in [0.717, 1.165) is 12.5 Å². The molecule has 1 aliphatic carbocycles. The quantitative estimate of drug-likeness (QED) is 0.800. The fraction of sp³-hybridized carbons (Fsp3) is 0.385. The summed E-state index contributed by atoms with van der Waals surface area (Å²) in [5.41, 5.74) is -0.419. The SMILES string of the molecule is O=C(O)CC1(NC(=O)Nc2ccc(F)cc2Cl)CCC1. The van der Waals surface area contributed by atoms with Gasteiger partial charge >= 0.3 is 12.0 Å². The van der Waals surface area contributed by atoms with Gasteiger partial charge in [0.25, 0.3) is 0 Å². The molecule has 0 aliphatic heterocycles. The summed E-state index contributed by atoms with van der Waals surface area (Å²) in [5, 5.41) is 14.1. The van der Waals surface area contributed by atoms with E-state index >= 15 is 0 Å². The van der Waals surface area contributed by atoms with Crippen LogP contribution in [0.3, 0.4) is 0 Å². The largest absolute Gasteiger partial charge is 0.481 e. The fourth-order valence-electron chi connectivity index (χ4n) is 2.22. The average Bonchev–Trinajstić information content (AvgIpc) is 2.29. The third-order valence-electron chi connectivity index (χ3n) is 3.36. The maximum atomic E-state index is 12.9. The highest BCUT2D eigenvalue weighted by atomic mass is 35.5. The molecule has 0 saturated heterocycles. The smallest absolute Gasteiger partial charge is 0.319 e. The van der Waals surface area contributed by atoms with Gasteiger partial charge in [-0.3, -0.25) is 4.79 Å². The highest BCUT2D eigenvalue weighted by Crippen LogP contribution is 2.35. The predicted molar refractivity (Wildman–Crippen MR) is 72.4 cm³/mol. The highest BCUT2D eigenvalue weighted by Gasteiger charge is 2.40. The first kappa shape index (κ1) is 14.6. The second-order valence-corrected chi connectivity index (χ2v) is 5.31. The van der Waals surface area contributed by atoms with E-state index in [1.165, 1.54) is 12.1 Å². The lowest BCUT2D eigenvalue weighted by Crippen LogP contribution is -2.55. The molecule has 1 aromatic rings. The monoisotopic (exact) mass is 300 g/mol. The summed E-state index contributed by atoms with van der Waals surface area (Å²) < 4.78 is 12.9. The van der Waals surface area contributed by atoms with Crippen LogP contribution in [0.15, 0.2) is 18.2 Å². The molecule has 1 fully saturated rings. The molecule has 20 heavy (non-hydrogen) atoms. The van der Waals surface area contributed by atoms with Crippen molar-refractivity contribution in [3.8, 4) is 0 Å². The summed E-state index contributed by atoms with van der Waals surface area (Å²) in [6.07, 6.45) is 2.02. The molecule has 0 unspecified atom stereocenters. The van der Waals surface area contributed by atoms with E-state index in [0.29, 0.717) is 12.8 Å². The molecule has 108 valence electrons. The van der Waals surface area contributed by atoms with E-state index in [2.05, 4.69) is 10.6 Å². The van der Waals surface area contributed by atoms with Gasteiger partial charge in [0.15, 0.2) is 0 Å². The second-order valence-electron chi connectivity index (χ2n) is 4.91. The molecule has 0 spiro atoms. The number of carboxylic acid groups (broad SMARTS) is 1. The van der Waals surface area contributed by atoms with Crippen molar-refractivity contribution in [1.82, 2.24) is 5.32 Å². The molecule has 7 heteroatoms. The Morgan fingerprint density at radius 2 is 2.10 bits per heavy atom.